The number of furan rings is 1. The maximum Gasteiger partial charge on any atom is 0.136 e. The maximum absolute atomic E-state index is 6.51. The normalized spacial score (nSPS) is 11.7. The molecule has 0 atom stereocenters. The lowest BCUT2D eigenvalue weighted by Gasteiger charge is -2.26. The molecule has 230 valence electrons. The molecule has 0 spiro atoms. The Hall–Kier alpha value is -6.16. The number of rotatable bonds is 5. The summed E-state index contributed by atoms with van der Waals surface area (Å²) in [6, 6.07) is 63.0. The molecule has 10 rings (SSSR count). The van der Waals surface area contributed by atoms with Crippen LogP contribution in [0.3, 0.4) is 0 Å². The van der Waals surface area contributed by atoms with Crippen molar-refractivity contribution in [3.8, 4) is 22.3 Å². The van der Waals surface area contributed by atoms with E-state index in [2.05, 4.69) is 181 Å². The quantitative estimate of drug-likeness (QED) is 0.186. The van der Waals surface area contributed by atoms with Gasteiger partial charge in [0.05, 0.1) is 10.4 Å². The SMILES string of the molecule is c1ccc(-c2cccc3oc4ccc5cccc(-c6ccc(N(c7ccccc7)c7cccc8c7sc7ccccc78)cc6)c5c4c23)cc1. The Labute approximate surface area is 287 Å². The minimum Gasteiger partial charge on any atom is -0.456 e. The second-order valence-corrected chi connectivity index (χ2v) is 13.5. The first kappa shape index (κ1) is 27.9. The van der Waals surface area contributed by atoms with Crippen LogP contribution in [0.5, 0.6) is 0 Å². The van der Waals surface area contributed by atoms with E-state index in [0.717, 1.165) is 33.3 Å². The predicted molar refractivity (Wildman–Crippen MR) is 210 cm³/mol. The first-order valence-electron chi connectivity index (χ1n) is 16.6. The van der Waals surface area contributed by atoms with Gasteiger partial charge in [0.15, 0.2) is 0 Å². The van der Waals surface area contributed by atoms with Gasteiger partial charge in [-0.2, -0.15) is 0 Å². The molecule has 2 nitrogen and oxygen atoms in total. The molecule has 10 aromatic rings. The van der Waals surface area contributed by atoms with Gasteiger partial charge in [-0.1, -0.05) is 127 Å². The molecule has 0 saturated heterocycles. The van der Waals surface area contributed by atoms with Crippen LogP contribution in [0.15, 0.2) is 180 Å². The van der Waals surface area contributed by atoms with E-state index in [-0.39, 0.29) is 0 Å². The Kier molecular flexibility index (Phi) is 6.39. The molecule has 0 N–H and O–H groups in total. The van der Waals surface area contributed by atoms with Crippen LogP contribution >= 0.6 is 11.3 Å². The molecule has 0 bridgehead atoms. The van der Waals surface area contributed by atoms with E-state index in [9.17, 15) is 0 Å². The van der Waals surface area contributed by atoms with E-state index < -0.39 is 0 Å². The van der Waals surface area contributed by atoms with E-state index in [4.69, 9.17) is 4.42 Å². The smallest absolute Gasteiger partial charge is 0.136 e. The highest BCUT2D eigenvalue weighted by Gasteiger charge is 2.20. The zero-order chi connectivity index (χ0) is 32.3. The van der Waals surface area contributed by atoms with Gasteiger partial charge in [0, 0.05) is 43.0 Å². The molecule has 0 aliphatic carbocycles. The largest absolute Gasteiger partial charge is 0.456 e. The Morgan fingerprint density at radius 3 is 1.88 bits per heavy atom. The van der Waals surface area contributed by atoms with E-state index in [1.54, 1.807) is 0 Å². The van der Waals surface area contributed by atoms with Crippen molar-refractivity contribution in [1.82, 2.24) is 0 Å². The lowest BCUT2D eigenvalue weighted by Crippen LogP contribution is -2.09. The van der Waals surface area contributed by atoms with Gasteiger partial charge in [-0.05, 0) is 76.2 Å². The van der Waals surface area contributed by atoms with Gasteiger partial charge in [-0.3, -0.25) is 0 Å². The predicted octanol–water partition coefficient (Wildman–Crippen LogP) is 13.9. The highest BCUT2D eigenvalue weighted by molar-refractivity contribution is 7.26. The minimum atomic E-state index is 0.904. The van der Waals surface area contributed by atoms with Gasteiger partial charge in [0.1, 0.15) is 11.2 Å². The molecule has 0 radical (unpaired) electrons. The fraction of sp³-hybridized carbons (Fsp3) is 0. The molecule has 8 aromatic carbocycles. The van der Waals surface area contributed by atoms with Gasteiger partial charge in [0.2, 0.25) is 0 Å². The highest BCUT2D eigenvalue weighted by Crippen LogP contribution is 2.46. The van der Waals surface area contributed by atoms with Crippen molar-refractivity contribution in [3.05, 3.63) is 176 Å². The average molecular weight is 644 g/mol. The highest BCUT2D eigenvalue weighted by atomic mass is 32.1. The summed E-state index contributed by atoms with van der Waals surface area (Å²) in [6.07, 6.45) is 0. The van der Waals surface area contributed by atoms with E-state index in [1.807, 2.05) is 11.3 Å². The van der Waals surface area contributed by atoms with Crippen LogP contribution in [0.4, 0.5) is 17.1 Å². The number of para-hydroxylation sites is 1. The van der Waals surface area contributed by atoms with Crippen LogP contribution < -0.4 is 4.90 Å². The second kappa shape index (κ2) is 11.2. The zero-order valence-corrected chi connectivity index (χ0v) is 27.3. The van der Waals surface area contributed by atoms with Crippen LogP contribution in [0.2, 0.25) is 0 Å². The van der Waals surface area contributed by atoms with Crippen LogP contribution in [0.25, 0.3) is 75.1 Å². The van der Waals surface area contributed by atoms with Gasteiger partial charge in [0.25, 0.3) is 0 Å². The summed E-state index contributed by atoms with van der Waals surface area (Å²) in [5, 5.41) is 7.32. The number of anilines is 3. The molecule has 2 heterocycles. The topological polar surface area (TPSA) is 16.4 Å². The van der Waals surface area contributed by atoms with Gasteiger partial charge >= 0.3 is 0 Å². The molecule has 49 heavy (non-hydrogen) atoms. The van der Waals surface area contributed by atoms with Crippen molar-refractivity contribution >= 4 is 81.3 Å². The molecular formula is C46H29NOS. The Morgan fingerprint density at radius 2 is 1.04 bits per heavy atom. The summed E-state index contributed by atoms with van der Waals surface area (Å²) in [7, 11) is 0. The molecule has 3 heteroatoms. The summed E-state index contributed by atoms with van der Waals surface area (Å²) in [5.74, 6) is 0. The van der Waals surface area contributed by atoms with E-state index in [1.165, 1.54) is 58.9 Å². The molecule has 0 saturated carbocycles. The zero-order valence-electron chi connectivity index (χ0n) is 26.5. The third-order valence-corrected chi connectivity index (χ3v) is 10.9. The third kappa shape index (κ3) is 4.47. The van der Waals surface area contributed by atoms with Crippen molar-refractivity contribution in [2.75, 3.05) is 4.90 Å². The Bertz CT molecular complexity index is 2810. The lowest BCUT2D eigenvalue weighted by molar-refractivity contribution is 0.669. The molecule has 0 amide bonds. The fourth-order valence-corrected chi connectivity index (χ4v) is 8.69. The van der Waals surface area contributed by atoms with Crippen molar-refractivity contribution < 1.29 is 4.42 Å². The number of nitrogens with zero attached hydrogens (tertiary/aromatic N) is 1. The maximum atomic E-state index is 6.51. The van der Waals surface area contributed by atoms with E-state index >= 15 is 0 Å². The van der Waals surface area contributed by atoms with Crippen molar-refractivity contribution in [1.29, 1.82) is 0 Å². The first-order chi connectivity index (χ1) is 24.3. The minimum absolute atomic E-state index is 0.904. The summed E-state index contributed by atoms with van der Waals surface area (Å²) >= 11 is 1.86. The number of benzene rings is 8. The third-order valence-electron chi connectivity index (χ3n) is 9.66. The van der Waals surface area contributed by atoms with Gasteiger partial charge in [-0.25, -0.2) is 0 Å². The summed E-state index contributed by atoms with van der Waals surface area (Å²) < 4.78 is 9.10. The van der Waals surface area contributed by atoms with Crippen LogP contribution in [0, 0.1) is 0 Å². The Balaban J connectivity index is 1.17. The van der Waals surface area contributed by atoms with Crippen molar-refractivity contribution in [2.45, 2.75) is 0 Å². The lowest BCUT2D eigenvalue weighted by atomic mass is 9.92. The van der Waals surface area contributed by atoms with Gasteiger partial charge < -0.3 is 9.32 Å². The average Bonchev–Trinajstić information content (AvgIpc) is 3.75. The Morgan fingerprint density at radius 1 is 0.408 bits per heavy atom. The number of thiophene rings is 1. The van der Waals surface area contributed by atoms with Gasteiger partial charge in [-0.15, -0.1) is 11.3 Å². The van der Waals surface area contributed by atoms with E-state index in [0.29, 0.717) is 0 Å². The molecule has 0 unspecified atom stereocenters. The standard InChI is InChI=1S/C46H29NOS/c1-3-12-30(13-4-1)36-19-11-22-40-44(36)45-41(48-40)29-26-32-14-9-18-35(43(32)45)31-24-27-34(28-25-31)47(33-15-5-2-6-16-33)39-21-10-20-38-37-17-7-8-23-42(37)49-46(38)39/h1-29H. The van der Waals surface area contributed by atoms with Crippen LogP contribution in [0.1, 0.15) is 0 Å². The molecule has 0 aliphatic heterocycles. The summed E-state index contributed by atoms with van der Waals surface area (Å²) in [6.45, 7) is 0. The van der Waals surface area contributed by atoms with Crippen molar-refractivity contribution in [3.63, 3.8) is 0 Å². The molecule has 0 aliphatic rings. The van der Waals surface area contributed by atoms with Crippen LogP contribution in [-0.2, 0) is 0 Å². The summed E-state index contributed by atoms with van der Waals surface area (Å²) in [5.41, 5.74) is 9.97. The molecular weight excluding hydrogens is 615 g/mol. The number of hydrogen-bond acceptors (Lipinski definition) is 3. The molecule has 2 aromatic heterocycles. The first-order valence-corrected chi connectivity index (χ1v) is 17.4. The number of hydrogen-bond donors (Lipinski definition) is 0. The summed E-state index contributed by atoms with van der Waals surface area (Å²) in [4.78, 5) is 2.39. The van der Waals surface area contributed by atoms with Crippen LogP contribution in [-0.4, -0.2) is 0 Å². The fourth-order valence-electron chi connectivity index (χ4n) is 7.49. The molecule has 0 fully saturated rings. The van der Waals surface area contributed by atoms with Crippen molar-refractivity contribution in [2.24, 2.45) is 0 Å². The number of fused-ring (bicyclic) bond motifs is 8. The second-order valence-electron chi connectivity index (χ2n) is 12.5. The monoisotopic (exact) mass is 643 g/mol.